The Hall–Kier alpha value is -0.230. The summed E-state index contributed by atoms with van der Waals surface area (Å²) < 4.78 is 0.871. The van der Waals surface area contributed by atoms with Crippen LogP contribution in [0.5, 0.6) is 0 Å². The Morgan fingerprint density at radius 1 is 1.31 bits per heavy atom. The van der Waals surface area contributed by atoms with E-state index in [9.17, 15) is 0 Å². The van der Waals surface area contributed by atoms with Crippen molar-refractivity contribution in [1.82, 2.24) is 0 Å². The van der Waals surface area contributed by atoms with Gasteiger partial charge in [-0.3, -0.25) is 0 Å². The zero-order valence-corrected chi connectivity index (χ0v) is 9.64. The maximum absolute atomic E-state index is 8.58. The fraction of sp³-hybridized carbons (Fsp3) is 0.222. The zero-order chi connectivity index (χ0) is 9.84. The molecule has 0 N–H and O–H groups in total. The molecule has 68 valence electrons. The van der Waals surface area contributed by atoms with Gasteiger partial charge in [-0.25, -0.2) is 0 Å². The van der Waals surface area contributed by atoms with Crippen LogP contribution in [0, 0.1) is 11.3 Å². The predicted molar refractivity (Wildman–Crippen MR) is 58.0 cm³/mol. The molecule has 2 atom stereocenters. The summed E-state index contributed by atoms with van der Waals surface area (Å²) in [5.74, 6) is 0. The van der Waals surface area contributed by atoms with Crippen molar-refractivity contribution < 1.29 is 0 Å². The Morgan fingerprint density at radius 3 is 2.46 bits per heavy atom. The van der Waals surface area contributed by atoms with Gasteiger partial charge in [-0.1, -0.05) is 34.1 Å². The quantitative estimate of drug-likeness (QED) is 0.754. The molecule has 13 heavy (non-hydrogen) atoms. The van der Waals surface area contributed by atoms with Crippen LogP contribution in [0.4, 0.5) is 0 Å². The van der Waals surface area contributed by atoms with E-state index in [4.69, 9.17) is 28.5 Å². The van der Waals surface area contributed by atoms with Crippen LogP contribution in [-0.2, 0) is 0 Å². The molecule has 0 spiro atoms. The average molecular weight is 279 g/mol. The molecule has 1 rings (SSSR count). The number of hydrogen-bond acceptors (Lipinski definition) is 1. The highest BCUT2D eigenvalue weighted by molar-refractivity contribution is 9.10. The van der Waals surface area contributed by atoms with Gasteiger partial charge < -0.3 is 0 Å². The smallest absolute Gasteiger partial charge is 0.141 e. The van der Waals surface area contributed by atoms with Crippen molar-refractivity contribution in [2.24, 2.45) is 0 Å². The minimum absolute atomic E-state index is 0.484. The van der Waals surface area contributed by atoms with Crippen molar-refractivity contribution in [1.29, 1.82) is 5.26 Å². The Morgan fingerprint density at radius 2 is 1.92 bits per heavy atom. The second-order valence-corrected chi connectivity index (χ2v) is 4.25. The lowest BCUT2D eigenvalue weighted by Crippen LogP contribution is -2.04. The van der Waals surface area contributed by atoms with Crippen molar-refractivity contribution in [3.8, 4) is 6.07 Å². The molecule has 1 aromatic rings. The molecule has 4 heteroatoms. The maximum atomic E-state index is 8.58. The summed E-state index contributed by atoms with van der Waals surface area (Å²) >= 11 is 15.0. The molecular weight excluding hydrogens is 273 g/mol. The molecule has 0 aromatic heterocycles. The van der Waals surface area contributed by atoms with Gasteiger partial charge in [0, 0.05) is 4.47 Å². The highest BCUT2D eigenvalue weighted by Crippen LogP contribution is 2.32. The second-order valence-electron chi connectivity index (χ2n) is 2.45. The van der Waals surface area contributed by atoms with Crippen LogP contribution in [-0.4, -0.2) is 5.38 Å². The number of nitriles is 1. The number of hydrogen-bond donors (Lipinski definition) is 0. The topological polar surface area (TPSA) is 23.8 Å². The van der Waals surface area contributed by atoms with E-state index in [1.54, 1.807) is 0 Å². The molecular formula is C9H6BrCl2N. The number of halogens is 3. The van der Waals surface area contributed by atoms with Crippen molar-refractivity contribution >= 4 is 39.1 Å². The first-order valence-electron chi connectivity index (χ1n) is 3.59. The zero-order valence-electron chi connectivity index (χ0n) is 6.55. The van der Waals surface area contributed by atoms with Gasteiger partial charge in [0.1, 0.15) is 5.38 Å². The standard InChI is InChI=1S/C9H6BrCl2N/c10-7-4-2-1-3-6(7)9(12)8(11)5-13/h1-4,8-9H. The Balaban J connectivity index is 2.96. The molecule has 0 aliphatic rings. The summed E-state index contributed by atoms with van der Waals surface area (Å²) in [6.45, 7) is 0. The highest BCUT2D eigenvalue weighted by Gasteiger charge is 2.19. The van der Waals surface area contributed by atoms with Crippen molar-refractivity contribution in [2.75, 3.05) is 0 Å². The lowest BCUT2D eigenvalue weighted by molar-refractivity contribution is 0.967. The third-order valence-corrected chi connectivity index (χ3v) is 3.27. The maximum Gasteiger partial charge on any atom is 0.141 e. The first-order chi connectivity index (χ1) is 6.16. The molecule has 0 saturated carbocycles. The summed E-state index contributed by atoms with van der Waals surface area (Å²) in [6.07, 6.45) is 0. The minimum Gasteiger partial charge on any atom is -0.197 e. The average Bonchev–Trinajstić information content (AvgIpc) is 2.16. The van der Waals surface area contributed by atoms with E-state index in [-0.39, 0.29) is 0 Å². The normalized spacial score (nSPS) is 14.6. The molecule has 0 bridgehead atoms. The summed E-state index contributed by atoms with van der Waals surface area (Å²) in [5.41, 5.74) is 0.839. The highest BCUT2D eigenvalue weighted by atomic mass is 79.9. The van der Waals surface area contributed by atoms with Gasteiger partial charge >= 0.3 is 0 Å². The van der Waals surface area contributed by atoms with Crippen LogP contribution in [0.2, 0.25) is 0 Å². The fourth-order valence-corrected chi connectivity index (χ4v) is 1.97. The third-order valence-electron chi connectivity index (χ3n) is 1.58. The molecule has 2 unspecified atom stereocenters. The third kappa shape index (κ3) is 2.60. The Labute approximate surface area is 95.4 Å². The molecule has 0 radical (unpaired) electrons. The predicted octanol–water partition coefficient (Wildman–Crippen LogP) is 3.86. The van der Waals surface area contributed by atoms with Gasteiger partial charge in [-0.15, -0.1) is 23.2 Å². The lowest BCUT2D eigenvalue weighted by Gasteiger charge is -2.11. The molecule has 0 aliphatic carbocycles. The largest absolute Gasteiger partial charge is 0.197 e. The van der Waals surface area contributed by atoms with E-state index in [1.165, 1.54) is 0 Å². The number of benzene rings is 1. The lowest BCUT2D eigenvalue weighted by atomic mass is 10.1. The molecule has 1 aromatic carbocycles. The van der Waals surface area contributed by atoms with E-state index >= 15 is 0 Å². The fourth-order valence-electron chi connectivity index (χ4n) is 0.922. The van der Waals surface area contributed by atoms with Gasteiger partial charge in [0.05, 0.1) is 11.4 Å². The van der Waals surface area contributed by atoms with Gasteiger partial charge in [0.25, 0.3) is 0 Å². The van der Waals surface area contributed by atoms with E-state index in [0.717, 1.165) is 10.0 Å². The number of nitrogens with zero attached hydrogens (tertiary/aromatic N) is 1. The first-order valence-corrected chi connectivity index (χ1v) is 5.25. The van der Waals surface area contributed by atoms with Crippen LogP contribution < -0.4 is 0 Å². The van der Waals surface area contributed by atoms with E-state index in [2.05, 4.69) is 15.9 Å². The van der Waals surface area contributed by atoms with Crippen LogP contribution in [0.1, 0.15) is 10.9 Å². The van der Waals surface area contributed by atoms with E-state index < -0.39 is 10.8 Å². The van der Waals surface area contributed by atoms with Crippen LogP contribution in [0.15, 0.2) is 28.7 Å². The molecule has 0 fully saturated rings. The molecule has 0 aliphatic heterocycles. The second kappa shape index (κ2) is 4.85. The van der Waals surface area contributed by atoms with Gasteiger partial charge in [-0.05, 0) is 11.6 Å². The van der Waals surface area contributed by atoms with Gasteiger partial charge in [0.2, 0.25) is 0 Å². The molecule has 0 saturated heterocycles. The SMILES string of the molecule is N#CC(Cl)C(Cl)c1ccccc1Br. The Kier molecular flexibility index (Phi) is 4.05. The van der Waals surface area contributed by atoms with E-state index in [1.807, 2.05) is 30.3 Å². The molecule has 1 nitrogen and oxygen atoms in total. The number of rotatable bonds is 2. The molecule has 0 amide bonds. The van der Waals surface area contributed by atoms with Crippen molar-refractivity contribution in [2.45, 2.75) is 10.8 Å². The first kappa shape index (κ1) is 10.8. The summed E-state index contributed by atoms with van der Waals surface area (Å²) in [7, 11) is 0. The van der Waals surface area contributed by atoms with Crippen molar-refractivity contribution in [3.05, 3.63) is 34.3 Å². The van der Waals surface area contributed by atoms with Gasteiger partial charge in [-0.2, -0.15) is 5.26 Å². The Bertz CT molecular complexity index is 335. The van der Waals surface area contributed by atoms with E-state index in [0.29, 0.717) is 0 Å². The minimum atomic E-state index is -0.708. The van der Waals surface area contributed by atoms with Gasteiger partial charge in [0.15, 0.2) is 0 Å². The summed E-state index contributed by atoms with van der Waals surface area (Å²) in [6, 6.07) is 9.35. The number of alkyl halides is 2. The monoisotopic (exact) mass is 277 g/mol. The van der Waals surface area contributed by atoms with Crippen LogP contribution in [0.25, 0.3) is 0 Å². The molecule has 0 heterocycles. The van der Waals surface area contributed by atoms with Crippen LogP contribution >= 0.6 is 39.1 Å². The summed E-state index contributed by atoms with van der Waals surface area (Å²) in [5, 5.41) is 7.38. The van der Waals surface area contributed by atoms with Crippen LogP contribution in [0.3, 0.4) is 0 Å². The van der Waals surface area contributed by atoms with Crippen molar-refractivity contribution in [3.63, 3.8) is 0 Å². The summed E-state index contributed by atoms with van der Waals surface area (Å²) in [4.78, 5) is 0.